The number of hydrogen-bond acceptors (Lipinski definition) is 4. The predicted molar refractivity (Wildman–Crippen MR) is 80.6 cm³/mol. The van der Waals surface area contributed by atoms with Gasteiger partial charge in [-0.1, -0.05) is 12.1 Å². The van der Waals surface area contributed by atoms with Crippen LogP contribution in [0.5, 0.6) is 5.75 Å². The monoisotopic (exact) mass is 353 g/mol. The lowest BCUT2D eigenvalue weighted by Crippen LogP contribution is -2.59. The van der Waals surface area contributed by atoms with Gasteiger partial charge >= 0.3 is 6.36 Å². The van der Waals surface area contributed by atoms with E-state index in [4.69, 9.17) is 0 Å². The van der Waals surface area contributed by atoms with E-state index in [0.29, 0.717) is 24.8 Å². The number of rotatable bonds is 3. The fourth-order valence-corrected chi connectivity index (χ4v) is 3.00. The van der Waals surface area contributed by atoms with E-state index >= 15 is 0 Å². The summed E-state index contributed by atoms with van der Waals surface area (Å²) in [6.07, 6.45) is -3.50. The van der Waals surface area contributed by atoms with Gasteiger partial charge in [0.1, 0.15) is 16.9 Å². The number of aliphatic hydroxyl groups is 1. The van der Waals surface area contributed by atoms with E-state index in [0.717, 1.165) is 0 Å². The molecule has 1 fully saturated rings. The lowest BCUT2D eigenvalue weighted by Gasteiger charge is -2.42. The smallest absolute Gasteiger partial charge is 0.406 e. The predicted octanol–water partition coefficient (Wildman–Crippen LogP) is 2.93. The molecule has 2 unspecified atom stereocenters. The molecule has 0 heterocycles. The number of carbonyl (C=O) groups excluding carboxylic acids is 1. The molecule has 0 bridgehead atoms. The summed E-state index contributed by atoms with van der Waals surface area (Å²) in [4.78, 5) is 12.6. The van der Waals surface area contributed by atoms with Gasteiger partial charge in [0.25, 0.3) is 0 Å². The van der Waals surface area contributed by atoms with Gasteiger partial charge in [-0.05, 0) is 50.9 Å². The van der Waals surface area contributed by atoms with Gasteiger partial charge < -0.3 is 15.2 Å². The van der Waals surface area contributed by atoms with E-state index in [1.54, 1.807) is 13.1 Å². The van der Waals surface area contributed by atoms with E-state index in [-0.39, 0.29) is 12.4 Å². The number of ether oxygens (including phenoxy) is 1. The summed E-state index contributed by atoms with van der Waals surface area (Å²) in [5.74, 6) is -0.837. The first kappa shape index (κ1) is 19.7. The summed E-state index contributed by atoms with van der Waals surface area (Å²) in [5, 5.41) is 13.1. The molecular weight excluding hydrogens is 335 g/mol. The quantitative estimate of drug-likeness (QED) is 0.877. The minimum atomic E-state index is -4.80. The fraction of sp³-hybridized carbons (Fsp3) is 0.533. The van der Waals surface area contributed by atoms with Crippen molar-refractivity contribution in [2.24, 2.45) is 0 Å². The number of hydrogen-bond donors (Lipinski definition) is 2. The van der Waals surface area contributed by atoms with Gasteiger partial charge in [0.15, 0.2) is 5.78 Å². The van der Waals surface area contributed by atoms with Crippen molar-refractivity contribution in [3.8, 4) is 5.75 Å². The highest BCUT2D eigenvalue weighted by atomic mass is 35.5. The second-order valence-electron chi connectivity index (χ2n) is 5.69. The molecular formula is C15H19ClF3NO3. The first-order valence-corrected chi connectivity index (χ1v) is 6.93. The Bertz CT molecular complexity index is 577. The largest absolute Gasteiger partial charge is 0.573 e. The van der Waals surface area contributed by atoms with Crippen molar-refractivity contribution < 1.29 is 27.8 Å². The molecule has 0 aromatic heterocycles. The highest BCUT2D eigenvalue weighted by Gasteiger charge is 2.50. The van der Waals surface area contributed by atoms with Crippen molar-refractivity contribution in [1.82, 2.24) is 5.32 Å². The van der Waals surface area contributed by atoms with E-state index in [9.17, 15) is 23.1 Å². The molecule has 1 aliphatic rings. The normalized spacial score (nSPS) is 28.2. The molecule has 130 valence electrons. The Morgan fingerprint density at radius 2 is 1.96 bits per heavy atom. The average Bonchev–Trinajstić information content (AvgIpc) is 2.40. The van der Waals surface area contributed by atoms with Crippen LogP contribution in [0.4, 0.5) is 13.2 Å². The Hall–Kier alpha value is -1.31. The van der Waals surface area contributed by atoms with Crippen molar-refractivity contribution in [1.29, 1.82) is 0 Å². The van der Waals surface area contributed by atoms with Gasteiger partial charge in [-0.3, -0.25) is 4.79 Å². The van der Waals surface area contributed by atoms with Gasteiger partial charge in [0, 0.05) is 0 Å². The van der Waals surface area contributed by atoms with Crippen molar-refractivity contribution in [2.45, 2.75) is 43.7 Å². The summed E-state index contributed by atoms with van der Waals surface area (Å²) in [5.41, 5.74) is -2.38. The molecule has 2 rings (SSSR count). The van der Waals surface area contributed by atoms with Crippen LogP contribution in [0.2, 0.25) is 0 Å². The van der Waals surface area contributed by atoms with Crippen LogP contribution in [-0.2, 0) is 10.3 Å². The molecule has 0 aliphatic heterocycles. The molecule has 1 aliphatic carbocycles. The van der Waals surface area contributed by atoms with Crippen molar-refractivity contribution in [3.05, 3.63) is 29.8 Å². The van der Waals surface area contributed by atoms with E-state index < -0.39 is 29.0 Å². The molecule has 0 saturated heterocycles. The lowest BCUT2D eigenvalue weighted by molar-refractivity contribution is -0.274. The van der Waals surface area contributed by atoms with Crippen LogP contribution in [0.15, 0.2) is 24.3 Å². The minimum Gasteiger partial charge on any atom is -0.406 e. The molecule has 2 atom stereocenters. The van der Waals surface area contributed by atoms with Gasteiger partial charge in [-0.2, -0.15) is 0 Å². The van der Waals surface area contributed by atoms with Gasteiger partial charge in [0.05, 0.1) is 0 Å². The molecule has 2 N–H and O–H groups in total. The van der Waals surface area contributed by atoms with Gasteiger partial charge in [-0.15, -0.1) is 25.6 Å². The maximum Gasteiger partial charge on any atom is 0.573 e. The second kappa shape index (κ2) is 6.67. The maximum atomic E-state index is 12.6. The van der Waals surface area contributed by atoms with E-state index in [2.05, 4.69) is 10.1 Å². The highest BCUT2D eigenvalue weighted by Crippen LogP contribution is 2.40. The lowest BCUT2D eigenvalue weighted by atomic mass is 9.69. The fourth-order valence-electron chi connectivity index (χ4n) is 3.00. The number of carbonyl (C=O) groups is 1. The zero-order valence-corrected chi connectivity index (χ0v) is 13.6. The zero-order chi connectivity index (χ0) is 16.6. The first-order chi connectivity index (χ1) is 10.1. The third-order valence-electron chi connectivity index (χ3n) is 4.08. The minimum absolute atomic E-state index is 0. The molecule has 8 heteroatoms. The number of halogens is 4. The third kappa shape index (κ3) is 3.97. The number of ketones is 1. The third-order valence-corrected chi connectivity index (χ3v) is 4.08. The Kier molecular flexibility index (Phi) is 5.72. The summed E-state index contributed by atoms with van der Waals surface area (Å²) >= 11 is 0. The molecule has 0 amide bonds. The highest BCUT2D eigenvalue weighted by molar-refractivity contribution is 5.96. The Balaban J connectivity index is 0.00000264. The first-order valence-electron chi connectivity index (χ1n) is 6.93. The number of benzene rings is 1. The van der Waals surface area contributed by atoms with Crippen LogP contribution in [0.25, 0.3) is 0 Å². The Labute approximate surface area is 138 Å². The van der Waals surface area contributed by atoms with Crippen molar-refractivity contribution in [3.63, 3.8) is 0 Å². The Morgan fingerprint density at radius 3 is 2.52 bits per heavy atom. The van der Waals surface area contributed by atoms with Crippen LogP contribution in [0.3, 0.4) is 0 Å². The van der Waals surface area contributed by atoms with Crippen LogP contribution < -0.4 is 10.1 Å². The summed E-state index contributed by atoms with van der Waals surface area (Å²) < 4.78 is 41.0. The van der Waals surface area contributed by atoms with E-state index in [1.165, 1.54) is 25.1 Å². The number of alkyl halides is 3. The van der Waals surface area contributed by atoms with Crippen LogP contribution in [0.1, 0.15) is 31.7 Å². The summed E-state index contributed by atoms with van der Waals surface area (Å²) in [6, 6.07) is 5.31. The summed E-state index contributed by atoms with van der Waals surface area (Å²) in [7, 11) is 1.55. The topological polar surface area (TPSA) is 58.6 Å². The molecule has 0 radical (unpaired) electrons. The number of nitrogens with one attached hydrogen (secondary N) is 1. The Morgan fingerprint density at radius 1 is 1.30 bits per heavy atom. The maximum absolute atomic E-state index is 12.6. The average molecular weight is 354 g/mol. The standard InChI is InChI=1S/C15H18F3NO3.ClH/c1-13(21)7-4-8-14(19-2,12(13)20)10-5-3-6-11(9-10)22-15(16,17)18;/h3,5-6,9,19,21H,4,7-8H2,1-2H3;1H. The molecule has 1 aromatic carbocycles. The van der Waals surface area contributed by atoms with Crippen LogP contribution >= 0.6 is 12.4 Å². The zero-order valence-electron chi connectivity index (χ0n) is 12.7. The molecule has 23 heavy (non-hydrogen) atoms. The molecule has 4 nitrogen and oxygen atoms in total. The van der Waals surface area contributed by atoms with Crippen molar-refractivity contribution >= 4 is 18.2 Å². The van der Waals surface area contributed by atoms with E-state index in [1.807, 2.05) is 0 Å². The second-order valence-corrected chi connectivity index (χ2v) is 5.69. The number of Topliss-reactive ketones (excluding diaryl/α,β-unsaturated/α-hetero) is 1. The van der Waals surface area contributed by atoms with Crippen LogP contribution in [0, 0.1) is 0 Å². The molecule has 0 spiro atoms. The van der Waals surface area contributed by atoms with Crippen molar-refractivity contribution in [2.75, 3.05) is 7.05 Å². The molecule has 1 saturated carbocycles. The molecule has 1 aromatic rings. The van der Waals surface area contributed by atoms with Gasteiger partial charge in [-0.25, -0.2) is 0 Å². The SMILES string of the molecule is CNC1(c2cccc(OC(F)(F)F)c2)CCCC(C)(O)C1=O.Cl. The van der Waals surface area contributed by atoms with Crippen LogP contribution in [-0.4, -0.2) is 29.9 Å². The number of likely N-dealkylation sites (N-methyl/N-ethyl adjacent to an activating group) is 1. The van der Waals surface area contributed by atoms with Gasteiger partial charge in [0.2, 0.25) is 0 Å². The summed E-state index contributed by atoms with van der Waals surface area (Å²) in [6.45, 7) is 1.43.